The number of rotatable bonds is 5. The summed E-state index contributed by atoms with van der Waals surface area (Å²) in [5.74, 6) is 0.394. The third kappa shape index (κ3) is 3.88. The van der Waals surface area contributed by atoms with Gasteiger partial charge < -0.3 is 10.3 Å². The molecule has 0 saturated carbocycles. The zero-order valence-corrected chi connectivity index (χ0v) is 16.3. The van der Waals surface area contributed by atoms with Crippen LogP contribution in [-0.4, -0.2) is 15.9 Å². The molecule has 0 fully saturated rings. The Hall–Kier alpha value is -2.82. The molecule has 1 aromatic heterocycles. The smallest absolute Gasteiger partial charge is 0.253 e. The van der Waals surface area contributed by atoms with Gasteiger partial charge >= 0.3 is 0 Å². The van der Waals surface area contributed by atoms with Gasteiger partial charge in [0.25, 0.3) is 5.91 Å². The predicted molar refractivity (Wildman–Crippen MR) is 113 cm³/mol. The van der Waals surface area contributed by atoms with Crippen LogP contribution in [0.2, 0.25) is 10.0 Å². The number of benzene rings is 3. The summed E-state index contributed by atoms with van der Waals surface area (Å²) in [4.78, 5) is 20.9. The van der Waals surface area contributed by atoms with Crippen LogP contribution in [0.25, 0.3) is 11.0 Å². The highest BCUT2D eigenvalue weighted by Gasteiger charge is 2.21. The zero-order valence-electron chi connectivity index (χ0n) is 14.8. The number of fused-ring (bicyclic) bond motifs is 1. The van der Waals surface area contributed by atoms with Gasteiger partial charge in [0.15, 0.2) is 0 Å². The van der Waals surface area contributed by atoms with Crippen molar-refractivity contribution in [2.24, 2.45) is 0 Å². The molecule has 4 rings (SSSR count). The molecular weight excluding hydrogens is 393 g/mol. The number of aromatic nitrogens is 2. The van der Waals surface area contributed by atoms with Gasteiger partial charge in [-0.1, -0.05) is 71.7 Å². The maximum absolute atomic E-state index is 12.9. The summed E-state index contributed by atoms with van der Waals surface area (Å²) in [5.41, 5.74) is 3.20. The fourth-order valence-electron chi connectivity index (χ4n) is 3.12. The molecule has 0 saturated heterocycles. The molecule has 0 spiro atoms. The molecule has 1 heterocycles. The Morgan fingerprint density at radius 2 is 1.71 bits per heavy atom. The molecule has 4 aromatic rings. The Kier molecular flexibility index (Phi) is 5.33. The van der Waals surface area contributed by atoms with E-state index in [0.717, 1.165) is 16.6 Å². The molecule has 1 atom stereocenters. The minimum atomic E-state index is -0.350. The average molecular weight is 410 g/mol. The largest absolute Gasteiger partial charge is 0.342 e. The summed E-state index contributed by atoms with van der Waals surface area (Å²) in [7, 11) is 0. The van der Waals surface area contributed by atoms with E-state index in [1.165, 1.54) is 0 Å². The monoisotopic (exact) mass is 409 g/mol. The van der Waals surface area contributed by atoms with Crippen LogP contribution in [0.4, 0.5) is 0 Å². The Labute approximate surface area is 172 Å². The molecular formula is C22H17Cl2N3O. The van der Waals surface area contributed by atoms with Crippen molar-refractivity contribution in [3.05, 3.63) is 99.8 Å². The molecule has 28 heavy (non-hydrogen) atoms. The van der Waals surface area contributed by atoms with E-state index < -0.39 is 0 Å². The zero-order chi connectivity index (χ0) is 19.5. The molecule has 0 aliphatic carbocycles. The molecule has 0 aliphatic heterocycles. The summed E-state index contributed by atoms with van der Waals surface area (Å²) < 4.78 is 0. The normalized spacial score (nSPS) is 12.1. The second-order valence-electron chi connectivity index (χ2n) is 6.46. The number of nitrogens with zero attached hydrogens (tertiary/aromatic N) is 1. The van der Waals surface area contributed by atoms with Gasteiger partial charge in [0.05, 0.1) is 32.7 Å². The van der Waals surface area contributed by atoms with Gasteiger partial charge in [-0.3, -0.25) is 4.79 Å². The standard InChI is InChI=1S/C22H17Cl2N3O/c23-16-10-6-9-15(20(16)24)22(28)27-19(13-14-7-2-1-3-8-14)21-25-17-11-4-5-12-18(17)26-21/h1-12,19H,13H2,(H,25,26)(H,27,28)/t19-/m0/s1. The maximum Gasteiger partial charge on any atom is 0.253 e. The molecule has 1 amide bonds. The number of hydrogen-bond acceptors (Lipinski definition) is 2. The number of carbonyl (C=O) groups excluding carboxylic acids is 1. The number of imidazole rings is 1. The van der Waals surface area contributed by atoms with Gasteiger partial charge in [0.1, 0.15) is 5.82 Å². The van der Waals surface area contributed by atoms with Gasteiger partial charge in [-0.2, -0.15) is 0 Å². The Balaban J connectivity index is 1.68. The number of amides is 1. The van der Waals surface area contributed by atoms with Crippen molar-refractivity contribution in [1.29, 1.82) is 0 Å². The van der Waals surface area contributed by atoms with Crippen molar-refractivity contribution >= 4 is 40.1 Å². The number of aromatic amines is 1. The number of H-pyrrole nitrogens is 1. The SMILES string of the molecule is O=C(N[C@@H](Cc1ccccc1)c1nc2ccccc2[nH]1)c1cccc(Cl)c1Cl. The fourth-order valence-corrected chi connectivity index (χ4v) is 3.50. The van der Waals surface area contributed by atoms with Crippen LogP contribution in [-0.2, 0) is 6.42 Å². The molecule has 0 unspecified atom stereocenters. The van der Waals surface area contributed by atoms with Gasteiger partial charge in [0.2, 0.25) is 0 Å². The van der Waals surface area contributed by atoms with Gasteiger partial charge in [-0.15, -0.1) is 0 Å². The van der Waals surface area contributed by atoms with Crippen molar-refractivity contribution in [2.45, 2.75) is 12.5 Å². The summed E-state index contributed by atoms with van der Waals surface area (Å²) in [6.45, 7) is 0. The van der Waals surface area contributed by atoms with Crippen LogP contribution in [0.3, 0.4) is 0 Å². The summed E-state index contributed by atoms with van der Waals surface area (Å²) in [6.07, 6.45) is 0.588. The summed E-state index contributed by atoms with van der Waals surface area (Å²) in [5, 5.41) is 3.64. The molecule has 6 heteroatoms. The lowest BCUT2D eigenvalue weighted by Gasteiger charge is -2.18. The highest BCUT2D eigenvalue weighted by Crippen LogP contribution is 2.27. The lowest BCUT2D eigenvalue weighted by molar-refractivity contribution is 0.0935. The number of nitrogens with one attached hydrogen (secondary N) is 2. The van der Waals surface area contributed by atoms with Crippen molar-refractivity contribution in [3.8, 4) is 0 Å². The maximum atomic E-state index is 12.9. The van der Waals surface area contributed by atoms with Crippen LogP contribution >= 0.6 is 23.2 Å². The second kappa shape index (κ2) is 8.05. The van der Waals surface area contributed by atoms with Crippen molar-refractivity contribution in [3.63, 3.8) is 0 Å². The van der Waals surface area contributed by atoms with Crippen molar-refractivity contribution < 1.29 is 4.79 Å². The van der Waals surface area contributed by atoms with E-state index in [4.69, 9.17) is 23.2 Å². The van der Waals surface area contributed by atoms with Crippen LogP contribution < -0.4 is 5.32 Å². The van der Waals surface area contributed by atoms with Crippen LogP contribution in [0, 0.1) is 0 Å². The number of para-hydroxylation sites is 2. The highest BCUT2D eigenvalue weighted by atomic mass is 35.5. The molecule has 4 nitrogen and oxygen atoms in total. The first-order valence-corrected chi connectivity index (χ1v) is 9.61. The molecule has 0 bridgehead atoms. The number of halogens is 2. The van der Waals surface area contributed by atoms with Crippen LogP contribution in [0.1, 0.15) is 27.8 Å². The lowest BCUT2D eigenvalue weighted by atomic mass is 10.0. The Morgan fingerprint density at radius 1 is 0.964 bits per heavy atom. The number of carbonyl (C=O) groups is 1. The summed E-state index contributed by atoms with van der Waals surface area (Å²) in [6, 6.07) is 22.4. The van der Waals surface area contributed by atoms with Crippen molar-refractivity contribution in [2.75, 3.05) is 0 Å². The highest BCUT2D eigenvalue weighted by molar-refractivity contribution is 6.43. The van der Waals surface area contributed by atoms with E-state index in [1.807, 2.05) is 54.6 Å². The molecule has 2 N–H and O–H groups in total. The number of hydrogen-bond donors (Lipinski definition) is 2. The Morgan fingerprint density at radius 3 is 2.50 bits per heavy atom. The van der Waals surface area contributed by atoms with E-state index in [-0.39, 0.29) is 17.0 Å². The third-order valence-corrected chi connectivity index (χ3v) is 5.34. The molecule has 0 aliphatic rings. The van der Waals surface area contributed by atoms with Crippen molar-refractivity contribution in [1.82, 2.24) is 15.3 Å². The molecule has 0 radical (unpaired) electrons. The molecule has 140 valence electrons. The second-order valence-corrected chi connectivity index (χ2v) is 7.24. The van der Waals surface area contributed by atoms with E-state index in [2.05, 4.69) is 15.3 Å². The van der Waals surface area contributed by atoms with E-state index >= 15 is 0 Å². The first-order valence-electron chi connectivity index (χ1n) is 8.85. The first kappa shape index (κ1) is 18.5. The topological polar surface area (TPSA) is 57.8 Å². The fraction of sp³-hybridized carbons (Fsp3) is 0.0909. The van der Waals surface area contributed by atoms with Gasteiger partial charge in [-0.05, 0) is 36.2 Å². The van der Waals surface area contributed by atoms with E-state index in [1.54, 1.807) is 18.2 Å². The predicted octanol–water partition coefficient (Wildman–Crippen LogP) is 5.58. The lowest BCUT2D eigenvalue weighted by Crippen LogP contribution is -2.31. The van der Waals surface area contributed by atoms with E-state index in [9.17, 15) is 4.79 Å². The van der Waals surface area contributed by atoms with Crippen LogP contribution in [0.15, 0.2) is 72.8 Å². The minimum Gasteiger partial charge on any atom is -0.342 e. The van der Waals surface area contributed by atoms with Gasteiger partial charge in [0, 0.05) is 0 Å². The molecule has 3 aromatic carbocycles. The van der Waals surface area contributed by atoms with Crippen LogP contribution in [0.5, 0.6) is 0 Å². The summed E-state index contributed by atoms with van der Waals surface area (Å²) >= 11 is 12.3. The quantitative estimate of drug-likeness (QED) is 0.451. The average Bonchev–Trinajstić information content (AvgIpc) is 3.14. The van der Waals surface area contributed by atoms with E-state index in [0.29, 0.717) is 22.8 Å². The van der Waals surface area contributed by atoms with Gasteiger partial charge in [-0.25, -0.2) is 4.98 Å². The minimum absolute atomic E-state index is 0.240. The first-order chi connectivity index (χ1) is 13.6. The Bertz CT molecular complexity index is 1090. The third-order valence-electron chi connectivity index (χ3n) is 4.52.